The Kier molecular flexibility index (Phi) is 2.98. The van der Waals surface area contributed by atoms with Gasteiger partial charge in [0.2, 0.25) is 0 Å². The zero-order valence-corrected chi connectivity index (χ0v) is 11.7. The van der Waals surface area contributed by atoms with Gasteiger partial charge >= 0.3 is 0 Å². The Hall–Kier alpha value is -2.18. The number of likely N-dealkylation sites (N-methyl/N-ethyl adjacent to an activating group) is 1. The number of rotatable bonds is 2. The quantitative estimate of drug-likeness (QED) is 0.777. The molecule has 6 nitrogen and oxygen atoms in total. The zero-order valence-electron chi connectivity index (χ0n) is 11.7. The van der Waals surface area contributed by atoms with Crippen LogP contribution in [0.15, 0.2) is 39.5 Å². The van der Waals surface area contributed by atoms with Crippen molar-refractivity contribution >= 4 is 11.0 Å². The van der Waals surface area contributed by atoms with Crippen LogP contribution < -0.4 is 5.32 Å². The first-order valence-electron chi connectivity index (χ1n) is 7.04. The van der Waals surface area contributed by atoms with Crippen LogP contribution in [-0.2, 0) is 0 Å². The third-order valence-corrected chi connectivity index (χ3v) is 3.96. The van der Waals surface area contributed by atoms with Crippen molar-refractivity contribution in [2.24, 2.45) is 0 Å². The van der Waals surface area contributed by atoms with Crippen LogP contribution in [0.3, 0.4) is 0 Å². The van der Waals surface area contributed by atoms with Gasteiger partial charge in [0, 0.05) is 25.0 Å². The minimum absolute atomic E-state index is 0.148. The highest BCUT2D eigenvalue weighted by molar-refractivity contribution is 5.91. The molecule has 4 rings (SSSR count). The molecule has 1 aliphatic heterocycles. The number of benzene rings is 1. The second-order valence-corrected chi connectivity index (χ2v) is 5.30. The molecule has 21 heavy (non-hydrogen) atoms. The lowest BCUT2D eigenvalue weighted by Crippen LogP contribution is -2.44. The molecule has 0 bridgehead atoms. The van der Waals surface area contributed by atoms with E-state index in [1.54, 1.807) is 6.26 Å². The zero-order chi connectivity index (χ0) is 14.2. The molecule has 2 aromatic heterocycles. The smallest absolute Gasteiger partial charge is 0.261 e. The molecule has 3 aromatic rings. The van der Waals surface area contributed by atoms with Gasteiger partial charge in [-0.1, -0.05) is 23.4 Å². The number of hydrogen-bond donors (Lipinski definition) is 1. The van der Waals surface area contributed by atoms with Crippen LogP contribution in [0.25, 0.3) is 22.4 Å². The topological polar surface area (TPSA) is 67.3 Å². The van der Waals surface area contributed by atoms with E-state index < -0.39 is 0 Å². The Morgan fingerprint density at radius 3 is 3.14 bits per heavy atom. The predicted octanol–water partition coefficient (Wildman–Crippen LogP) is 2.06. The van der Waals surface area contributed by atoms with Crippen LogP contribution in [0.2, 0.25) is 0 Å². The maximum atomic E-state index is 5.53. The summed E-state index contributed by atoms with van der Waals surface area (Å²) in [6, 6.07) is 7.98. The largest absolute Gasteiger partial charge is 0.463 e. The highest BCUT2D eigenvalue weighted by Crippen LogP contribution is 2.30. The lowest BCUT2D eigenvalue weighted by Gasteiger charge is -2.30. The van der Waals surface area contributed by atoms with Gasteiger partial charge < -0.3 is 14.3 Å². The standard InChI is InChI=1S/C15H16N4O2/c1-19-7-6-16-8-12(19)14-17-15(21-18-14)11-9-20-13-5-3-2-4-10(11)13/h2-5,9,12,16H,6-8H2,1H3. The second kappa shape index (κ2) is 4.98. The summed E-state index contributed by atoms with van der Waals surface area (Å²) < 4.78 is 11.0. The highest BCUT2D eigenvalue weighted by Gasteiger charge is 2.26. The van der Waals surface area contributed by atoms with Gasteiger partial charge in [-0.05, 0) is 13.1 Å². The van der Waals surface area contributed by atoms with Crippen LogP contribution in [0.1, 0.15) is 11.9 Å². The number of piperazine rings is 1. The molecular weight excluding hydrogens is 268 g/mol. The number of hydrogen-bond acceptors (Lipinski definition) is 6. The van der Waals surface area contributed by atoms with E-state index in [0.717, 1.165) is 36.2 Å². The van der Waals surface area contributed by atoms with Crippen LogP contribution in [0.4, 0.5) is 0 Å². The van der Waals surface area contributed by atoms with Crippen LogP contribution in [0, 0.1) is 0 Å². The number of nitrogens with one attached hydrogen (secondary N) is 1. The molecule has 0 amide bonds. The summed E-state index contributed by atoms with van der Waals surface area (Å²) in [6.07, 6.45) is 1.67. The van der Waals surface area contributed by atoms with Crippen LogP contribution in [-0.4, -0.2) is 41.7 Å². The fourth-order valence-electron chi connectivity index (χ4n) is 2.72. The lowest BCUT2D eigenvalue weighted by atomic mass is 10.1. The SMILES string of the molecule is CN1CCNCC1c1noc(-c2coc3ccccc23)n1. The molecule has 1 N–H and O–H groups in total. The van der Waals surface area contributed by atoms with Crippen molar-refractivity contribution in [1.82, 2.24) is 20.4 Å². The molecule has 3 heterocycles. The summed E-state index contributed by atoms with van der Waals surface area (Å²) in [7, 11) is 2.08. The summed E-state index contributed by atoms with van der Waals surface area (Å²) in [5.41, 5.74) is 1.67. The minimum atomic E-state index is 0.148. The van der Waals surface area contributed by atoms with Gasteiger partial charge in [0.05, 0.1) is 11.6 Å². The molecule has 1 aromatic carbocycles. The van der Waals surface area contributed by atoms with E-state index in [9.17, 15) is 0 Å². The first-order chi connectivity index (χ1) is 10.3. The molecule has 108 valence electrons. The molecular formula is C15H16N4O2. The van der Waals surface area contributed by atoms with Gasteiger partial charge in [0.25, 0.3) is 5.89 Å². The average Bonchev–Trinajstić information content (AvgIpc) is 3.14. The molecule has 1 atom stereocenters. The molecule has 1 aliphatic rings. The third-order valence-electron chi connectivity index (χ3n) is 3.96. The van der Waals surface area contributed by atoms with E-state index in [0.29, 0.717) is 11.7 Å². The van der Waals surface area contributed by atoms with Gasteiger partial charge in [-0.2, -0.15) is 4.98 Å². The average molecular weight is 284 g/mol. The molecule has 0 saturated carbocycles. The van der Waals surface area contributed by atoms with E-state index in [2.05, 4.69) is 27.4 Å². The summed E-state index contributed by atoms with van der Waals surface area (Å²) >= 11 is 0. The van der Waals surface area contributed by atoms with Crippen molar-refractivity contribution in [1.29, 1.82) is 0 Å². The first-order valence-corrected chi connectivity index (χ1v) is 7.04. The third kappa shape index (κ3) is 2.12. The summed E-state index contributed by atoms with van der Waals surface area (Å²) in [5.74, 6) is 1.22. The Labute approximate surface area is 121 Å². The Morgan fingerprint density at radius 1 is 1.33 bits per heavy atom. The summed E-state index contributed by atoms with van der Waals surface area (Å²) in [4.78, 5) is 6.79. The molecule has 1 saturated heterocycles. The van der Waals surface area contributed by atoms with E-state index >= 15 is 0 Å². The lowest BCUT2D eigenvalue weighted by molar-refractivity contribution is 0.190. The number of para-hydroxylation sites is 1. The molecule has 0 aliphatic carbocycles. The number of furan rings is 1. The van der Waals surface area contributed by atoms with Crippen molar-refractivity contribution in [3.8, 4) is 11.5 Å². The highest BCUT2D eigenvalue weighted by atomic mass is 16.5. The minimum Gasteiger partial charge on any atom is -0.463 e. The van der Waals surface area contributed by atoms with Gasteiger partial charge in [0.1, 0.15) is 11.8 Å². The normalized spacial score (nSPS) is 20.1. The molecule has 1 unspecified atom stereocenters. The first kappa shape index (κ1) is 12.6. The van der Waals surface area contributed by atoms with E-state index in [1.165, 1.54) is 0 Å². The fraction of sp³-hybridized carbons (Fsp3) is 0.333. The van der Waals surface area contributed by atoms with Gasteiger partial charge in [0.15, 0.2) is 5.82 Å². The Morgan fingerprint density at radius 2 is 2.24 bits per heavy atom. The molecule has 0 spiro atoms. The van der Waals surface area contributed by atoms with E-state index in [4.69, 9.17) is 8.94 Å². The Bertz CT molecular complexity index is 764. The fourth-order valence-corrected chi connectivity index (χ4v) is 2.72. The van der Waals surface area contributed by atoms with Crippen molar-refractivity contribution in [2.45, 2.75) is 6.04 Å². The summed E-state index contributed by atoms with van der Waals surface area (Å²) in [5, 5.41) is 8.49. The van der Waals surface area contributed by atoms with Gasteiger partial charge in [-0.25, -0.2) is 0 Å². The number of nitrogens with zero attached hydrogens (tertiary/aromatic N) is 3. The molecule has 0 radical (unpaired) electrons. The van der Waals surface area contributed by atoms with Crippen LogP contribution in [0.5, 0.6) is 0 Å². The van der Waals surface area contributed by atoms with Crippen LogP contribution >= 0.6 is 0 Å². The Balaban J connectivity index is 1.71. The monoisotopic (exact) mass is 284 g/mol. The van der Waals surface area contributed by atoms with Crippen molar-refractivity contribution in [3.05, 3.63) is 36.4 Å². The predicted molar refractivity (Wildman–Crippen MR) is 77.7 cm³/mol. The van der Waals surface area contributed by atoms with Crippen molar-refractivity contribution in [2.75, 3.05) is 26.7 Å². The maximum Gasteiger partial charge on any atom is 0.261 e. The molecule has 6 heteroatoms. The number of fused-ring (bicyclic) bond motifs is 1. The van der Waals surface area contributed by atoms with Gasteiger partial charge in [-0.3, -0.25) is 4.90 Å². The summed E-state index contributed by atoms with van der Waals surface area (Å²) in [6.45, 7) is 2.80. The number of aromatic nitrogens is 2. The molecule has 1 fully saturated rings. The maximum absolute atomic E-state index is 5.53. The second-order valence-electron chi connectivity index (χ2n) is 5.30. The van der Waals surface area contributed by atoms with E-state index in [1.807, 2.05) is 24.3 Å². The van der Waals surface area contributed by atoms with Crippen molar-refractivity contribution < 1.29 is 8.94 Å². The van der Waals surface area contributed by atoms with Gasteiger partial charge in [-0.15, -0.1) is 0 Å². The van der Waals surface area contributed by atoms with Crippen molar-refractivity contribution in [3.63, 3.8) is 0 Å². The van der Waals surface area contributed by atoms with E-state index in [-0.39, 0.29) is 6.04 Å².